The highest BCUT2D eigenvalue weighted by molar-refractivity contribution is 7.99. The Morgan fingerprint density at radius 3 is 2.54 bits per heavy atom. The van der Waals surface area contributed by atoms with E-state index in [1.54, 1.807) is 11.8 Å². The SMILES string of the molecule is Cc1ccc(SCCNC(=O)Cn2c(Cl)nc3c2c(=O)n(C)c(=O)n3C)cc1. The zero-order valence-corrected chi connectivity index (χ0v) is 17.3. The molecule has 2 aromatic heterocycles. The number of carbonyl (C=O) groups excluding carboxylic acids is 1. The van der Waals surface area contributed by atoms with Gasteiger partial charge in [-0.1, -0.05) is 17.7 Å². The molecule has 148 valence electrons. The molecule has 1 aromatic carbocycles. The lowest BCUT2D eigenvalue weighted by molar-refractivity contribution is -0.121. The minimum Gasteiger partial charge on any atom is -0.354 e. The van der Waals surface area contributed by atoms with Gasteiger partial charge >= 0.3 is 5.69 Å². The predicted molar refractivity (Wildman–Crippen MR) is 110 cm³/mol. The molecule has 0 aliphatic heterocycles. The number of nitrogens with one attached hydrogen (secondary N) is 1. The first-order valence-corrected chi connectivity index (χ1v) is 9.94. The van der Waals surface area contributed by atoms with Gasteiger partial charge in [0.15, 0.2) is 11.2 Å². The number of halogens is 1. The summed E-state index contributed by atoms with van der Waals surface area (Å²) >= 11 is 7.76. The number of benzene rings is 1. The summed E-state index contributed by atoms with van der Waals surface area (Å²) in [7, 11) is 2.87. The Morgan fingerprint density at radius 2 is 1.86 bits per heavy atom. The van der Waals surface area contributed by atoms with Crippen molar-refractivity contribution in [1.29, 1.82) is 0 Å². The van der Waals surface area contributed by atoms with Gasteiger partial charge in [0.1, 0.15) is 6.54 Å². The van der Waals surface area contributed by atoms with Gasteiger partial charge in [0.25, 0.3) is 5.56 Å². The number of rotatable bonds is 6. The van der Waals surface area contributed by atoms with Crippen molar-refractivity contribution in [1.82, 2.24) is 24.0 Å². The molecule has 0 atom stereocenters. The van der Waals surface area contributed by atoms with E-state index in [9.17, 15) is 14.4 Å². The van der Waals surface area contributed by atoms with E-state index in [0.717, 1.165) is 9.46 Å². The Labute approximate surface area is 170 Å². The van der Waals surface area contributed by atoms with Crippen molar-refractivity contribution in [3.8, 4) is 0 Å². The van der Waals surface area contributed by atoms with E-state index in [4.69, 9.17) is 11.6 Å². The molecule has 0 unspecified atom stereocenters. The van der Waals surface area contributed by atoms with Crippen LogP contribution in [0.3, 0.4) is 0 Å². The number of imidazole rings is 1. The van der Waals surface area contributed by atoms with Crippen LogP contribution in [0.5, 0.6) is 0 Å². The second kappa shape index (κ2) is 8.24. The maximum atomic E-state index is 12.5. The van der Waals surface area contributed by atoms with Gasteiger partial charge in [0, 0.05) is 31.3 Å². The molecule has 0 saturated heterocycles. The fourth-order valence-corrected chi connectivity index (χ4v) is 3.75. The van der Waals surface area contributed by atoms with Gasteiger partial charge in [-0.2, -0.15) is 4.98 Å². The van der Waals surface area contributed by atoms with E-state index in [1.165, 1.54) is 28.8 Å². The Morgan fingerprint density at radius 1 is 1.18 bits per heavy atom. The summed E-state index contributed by atoms with van der Waals surface area (Å²) in [4.78, 5) is 42.0. The second-order valence-corrected chi connectivity index (χ2v) is 7.86. The lowest BCUT2D eigenvalue weighted by Gasteiger charge is -2.08. The minimum absolute atomic E-state index is 0.0162. The number of thioether (sulfide) groups is 1. The molecule has 2 heterocycles. The number of hydrogen-bond acceptors (Lipinski definition) is 5. The number of carbonyl (C=O) groups is 1. The Bertz CT molecular complexity index is 1150. The highest BCUT2D eigenvalue weighted by Gasteiger charge is 2.19. The summed E-state index contributed by atoms with van der Waals surface area (Å²) in [5, 5.41) is 2.79. The second-order valence-electron chi connectivity index (χ2n) is 6.36. The van der Waals surface area contributed by atoms with Crippen molar-refractivity contribution >= 4 is 40.4 Å². The molecule has 0 fully saturated rings. The van der Waals surface area contributed by atoms with Crippen LogP contribution in [0, 0.1) is 6.92 Å². The van der Waals surface area contributed by atoms with E-state index >= 15 is 0 Å². The first kappa shape index (κ1) is 20.2. The van der Waals surface area contributed by atoms with Crippen LogP contribution in [0.15, 0.2) is 38.8 Å². The highest BCUT2D eigenvalue weighted by Crippen LogP contribution is 2.18. The average Bonchev–Trinajstić information content (AvgIpc) is 2.99. The summed E-state index contributed by atoms with van der Waals surface area (Å²) in [6.45, 7) is 2.35. The number of aromatic nitrogens is 4. The maximum absolute atomic E-state index is 12.5. The van der Waals surface area contributed by atoms with Gasteiger partial charge in [0.05, 0.1) is 0 Å². The van der Waals surface area contributed by atoms with Crippen molar-refractivity contribution < 1.29 is 4.79 Å². The molecular weight excluding hydrogens is 402 g/mol. The van der Waals surface area contributed by atoms with E-state index < -0.39 is 11.2 Å². The Kier molecular flexibility index (Phi) is 5.95. The van der Waals surface area contributed by atoms with Crippen LogP contribution in [0.2, 0.25) is 5.28 Å². The fourth-order valence-electron chi connectivity index (χ4n) is 2.76. The molecular formula is C18H20ClN5O3S. The third-order valence-corrected chi connectivity index (χ3v) is 5.62. The molecule has 0 aliphatic rings. The average molecular weight is 422 g/mol. The lowest BCUT2D eigenvalue weighted by Crippen LogP contribution is -2.38. The zero-order valence-electron chi connectivity index (χ0n) is 15.7. The molecule has 3 rings (SSSR count). The molecule has 1 amide bonds. The lowest BCUT2D eigenvalue weighted by atomic mass is 10.2. The van der Waals surface area contributed by atoms with Crippen LogP contribution in [0.25, 0.3) is 11.2 Å². The minimum atomic E-state index is -0.541. The van der Waals surface area contributed by atoms with E-state index in [2.05, 4.69) is 10.3 Å². The monoisotopic (exact) mass is 421 g/mol. The molecule has 0 radical (unpaired) electrons. The number of amides is 1. The Balaban J connectivity index is 1.68. The van der Waals surface area contributed by atoms with Gasteiger partial charge in [-0.05, 0) is 30.7 Å². The van der Waals surface area contributed by atoms with Crippen LogP contribution >= 0.6 is 23.4 Å². The van der Waals surface area contributed by atoms with Crippen molar-refractivity contribution in [3.05, 3.63) is 56.0 Å². The summed E-state index contributed by atoms with van der Waals surface area (Å²) < 4.78 is 3.52. The van der Waals surface area contributed by atoms with Crippen LogP contribution in [0.1, 0.15) is 5.56 Å². The summed E-state index contributed by atoms with van der Waals surface area (Å²) in [6, 6.07) is 8.17. The third kappa shape index (κ3) is 4.00. The van der Waals surface area contributed by atoms with Gasteiger partial charge in [-0.15, -0.1) is 11.8 Å². The zero-order chi connectivity index (χ0) is 20.4. The van der Waals surface area contributed by atoms with Gasteiger partial charge in [-0.25, -0.2) is 4.79 Å². The van der Waals surface area contributed by atoms with Crippen LogP contribution in [-0.4, -0.2) is 36.9 Å². The van der Waals surface area contributed by atoms with E-state index in [0.29, 0.717) is 12.3 Å². The largest absolute Gasteiger partial charge is 0.354 e. The van der Waals surface area contributed by atoms with E-state index in [1.807, 2.05) is 31.2 Å². The number of fused-ring (bicyclic) bond motifs is 1. The van der Waals surface area contributed by atoms with Crippen LogP contribution < -0.4 is 16.6 Å². The molecule has 3 aromatic rings. The fraction of sp³-hybridized carbons (Fsp3) is 0.333. The normalized spacial score (nSPS) is 11.1. The molecule has 0 saturated carbocycles. The summed E-state index contributed by atoms with van der Waals surface area (Å²) in [6.07, 6.45) is 0. The molecule has 28 heavy (non-hydrogen) atoms. The van der Waals surface area contributed by atoms with Crippen molar-refractivity contribution in [2.24, 2.45) is 14.1 Å². The van der Waals surface area contributed by atoms with Gasteiger partial charge in [-0.3, -0.25) is 23.3 Å². The third-order valence-electron chi connectivity index (χ3n) is 4.32. The summed E-state index contributed by atoms with van der Waals surface area (Å²) in [5.74, 6) is 0.422. The summed E-state index contributed by atoms with van der Waals surface area (Å²) in [5.41, 5.74) is 0.432. The van der Waals surface area contributed by atoms with Crippen molar-refractivity contribution in [2.45, 2.75) is 18.4 Å². The molecule has 1 N–H and O–H groups in total. The smallest absolute Gasteiger partial charge is 0.332 e. The van der Waals surface area contributed by atoms with Crippen molar-refractivity contribution in [2.75, 3.05) is 12.3 Å². The number of nitrogens with zero attached hydrogens (tertiary/aromatic N) is 4. The van der Waals surface area contributed by atoms with Crippen LogP contribution in [-0.2, 0) is 25.4 Å². The first-order chi connectivity index (χ1) is 13.3. The highest BCUT2D eigenvalue weighted by atomic mass is 35.5. The van der Waals surface area contributed by atoms with Gasteiger partial charge in [0.2, 0.25) is 11.2 Å². The number of hydrogen-bond donors (Lipinski definition) is 1. The maximum Gasteiger partial charge on any atom is 0.332 e. The molecule has 0 bridgehead atoms. The number of aryl methyl sites for hydroxylation is 2. The molecule has 0 aliphatic carbocycles. The Hall–Kier alpha value is -2.52. The predicted octanol–water partition coefficient (Wildman–Crippen LogP) is 1.30. The quantitative estimate of drug-likeness (QED) is 0.368. The molecule has 0 spiro atoms. The van der Waals surface area contributed by atoms with Gasteiger partial charge < -0.3 is 5.32 Å². The molecule has 10 heteroatoms. The van der Waals surface area contributed by atoms with Crippen molar-refractivity contribution in [3.63, 3.8) is 0 Å². The topological polar surface area (TPSA) is 90.9 Å². The van der Waals surface area contributed by atoms with E-state index in [-0.39, 0.29) is 28.9 Å². The first-order valence-electron chi connectivity index (χ1n) is 8.57. The molecule has 8 nitrogen and oxygen atoms in total. The standard InChI is InChI=1S/C18H20ClN5O3S/c1-11-4-6-12(7-5-11)28-9-8-20-13(25)10-24-14-15(21-17(24)19)22(2)18(27)23(3)16(14)26/h4-7H,8-10H2,1-3H3,(H,20,25). The van der Waals surface area contributed by atoms with Crippen LogP contribution in [0.4, 0.5) is 0 Å².